The number of nitrogens with zero attached hydrogens (tertiary/aromatic N) is 1. The highest BCUT2D eigenvalue weighted by Crippen LogP contribution is 2.69. The lowest BCUT2D eigenvalue weighted by Crippen LogP contribution is -2.41. The number of benzene rings is 1. The van der Waals surface area contributed by atoms with Gasteiger partial charge in [0, 0.05) is 17.3 Å². The highest BCUT2D eigenvalue weighted by Gasteiger charge is 2.67. The summed E-state index contributed by atoms with van der Waals surface area (Å²) >= 11 is 0. The smallest absolute Gasteiger partial charge is 0.0972 e. The monoisotopic (exact) mass is 275 g/mol. The highest BCUT2D eigenvalue weighted by molar-refractivity contribution is 6.18. The second-order valence-electron chi connectivity index (χ2n) is 6.90. The molecule has 2 aromatic rings. The van der Waals surface area contributed by atoms with Crippen molar-refractivity contribution in [2.45, 2.75) is 37.6 Å². The number of rotatable bonds is 1. The third-order valence-corrected chi connectivity index (χ3v) is 5.92. The van der Waals surface area contributed by atoms with Crippen molar-refractivity contribution in [3.8, 4) is 11.3 Å². The summed E-state index contributed by atoms with van der Waals surface area (Å²) in [6.45, 7) is 4.16. The predicted molar refractivity (Wildman–Crippen MR) is 84.0 cm³/mol. The average molecular weight is 275 g/mol. The molecule has 2 aliphatic carbocycles. The van der Waals surface area contributed by atoms with Gasteiger partial charge in [-0.05, 0) is 35.2 Å². The summed E-state index contributed by atoms with van der Waals surface area (Å²) in [5.74, 6) is 0. The average Bonchev–Trinajstić information content (AvgIpc) is 2.76. The normalized spacial score (nSPS) is 32.1. The van der Waals surface area contributed by atoms with Gasteiger partial charge in [-0.2, -0.15) is 0 Å². The Kier molecular flexibility index (Phi) is 2.35. The maximum atomic E-state index is 11.4. The molecular weight excluding hydrogens is 257 g/mol. The van der Waals surface area contributed by atoms with E-state index >= 15 is 0 Å². The Morgan fingerprint density at radius 2 is 1.81 bits per heavy atom. The minimum atomic E-state index is -0.892. The zero-order chi connectivity index (χ0) is 14.9. The van der Waals surface area contributed by atoms with E-state index in [4.69, 9.17) is 7.85 Å². The van der Waals surface area contributed by atoms with Crippen molar-refractivity contribution in [3.63, 3.8) is 0 Å². The summed E-state index contributed by atoms with van der Waals surface area (Å²) in [5, 5.41) is 10.9. The van der Waals surface area contributed by atoms with Crippen LogP contribution in [0.25, 0.3) is 11.3 Å². The van der Waals surface area contributed by atoms with E-state index in [2.05, 4.69) is 18.8 Å². The van der Waals surface area contributed by atoms with Gasteiger partial charge in [-0.25, -0.2) is 0 Å². The van der Waals surface area contributed by atoms with Gasteiger partial charge in [-0.15, -0.1) is 0 Å². The molecule has 2 aliphatic rings. The minimum absolute atomic E-state index is 0.380. The zero-order valence-electron chi connectivity index (χ0n) is 12.4. The van der Waals surface area contributed by atoms with Crippen LogP contribution in [0.5, 0.6) is 0 Å². The number of hydrogen-bond donors (Lipinski definition) is 1. The fraction of sp³-hybridized carbons (Fsp3) is 0.389. The largest absolute Gasteiger partial charge is 0.385 e. The summed E-state index contributed by atoms with van der Waals surface area (Å²) in [7, 11) is 6.73. The molecule has 0 spiro atoms. The van der Waals surface area contributed by atoms with Gasteiger partial charge in [0.1, 0.15) is 0 Å². The van der Waals surface area contributed by atoms with Crippen molar-refractivity contribution in [1.82, 2.24) is 4.98 Å². The van der Waals surface area contributed by atoms with Crippen LogP contribution in [0.4, 0.5) is 0 Å². The molecule has 2 radical (unpaired) electrons. The van der Waals surface area contributed by atoms with Crippen molar-refractivity contribution in [1.29, 1.82) is 0 Å². The van der Waals surface area contributed by atoms with Crippen LogP contribution in [0.3, 0.4) is 0 Å². The Morgan fingerprint density at radius 1 is 1.10 bits per heavy atom. The molecule has 0 aliphatic heterocycles. The van der Waals surface area contributed by atoms with Gasteiger partial charge in [-0.1, -0.05) is 44.2 Å². The van der Waals surface area contributed by atoms with Crippen molar-refractivity contribution in [2.75, 3.05) is 0 Å². The number of pyridine rings is 1. The molecule has 0 amide bonds. The molecule has 1 fully saturated rings. The molecule has 104 valence electrons. The van der Waals surface area contributed by atoms with Crippen LogP contribution in [0.15, 0.2) is 42.6 Å². The van der Waals surface area contributed by atoms with E-state index in [1.807, 2.05) is 42.6 Å². The summed E-state index contributed by atoms with van der Waals surface area (Å²) in [6, 6.07) is 12.0. The van der Waals surface area contributed by atoms with Gasteiger partial charge < -0.3 is 5.11 Å². The molecular formula is C18H18BNO. The summed E-state index contributed by atoms with van der Waals surface area (Å²) < 4.78 is 0. The van der Waals surface area contributed by atoms with Crippen molar-refractivity contribution in [3.05, 3.63) is 53.7 Å². The van der Waals surface area contributed by atoms with E-state index in [0.717, 1.165) is 28.8 Å². The number of aliphatic hydroxyl groups is 1. The predicted octanol–water partition coefficient (Wildman–Crippen LogP) is 3.13. The molecule has 21 heavy (non-hydrogen) atoms. The molecule has 0 saturated heterocycles. The van der Waals surface area contributed by atoms with Gasteiger partial charge in [0.2, 0.25) is 0 Å². The molecule has 2 unspecified atom stereocenters. The van der Waals surface area contributed by atoms with E-state index in [9.17, 15) is 5.11 Å². The van der Waals surface area contributed by atoms with Crippen LogP contribution in [-0.2, 0) is 10.9 Å². The molecule has 1 heterocycles. The molecule has 3 heteroatoms. The van der Waals surface area contributed by atoms with Gasteiger partial charge in [0.15, 0.2) is 0 Å². The lowest BCUT2D eigenvalue weighted by molar-refractivity contribution is -0.0449. The van der Waals surface area contributed by atoms with Crippen LogP contribution in [-0.4, -0.2) is 17.9 Å². The molecule has 1 aromatic heterocycles. The molecule has 2 atom stereocenters. The maximum Gasteiger partial charge on any atom is 0.0972 e. The van der Waals surface area contributed by atoms with E-state index in [0.29, 0.717) is 6.42 Å². The Bertz CT molecular complexity index is 727. The highest BCUT2D eigenvalue weighted by atomic mass is 16.3. The Hall–Kier alpha value is -1.61. The van der Waals surface area contributed by atoms with E-state index in [1.54, 1.807) is 0 Å². The number of aromatic nitrogens is 1. The second kappa shape index (κ2) is 3.78. The van der Waals surface area contributed by atoms with Crippen LogP contribution in [0.1, 0.15) is 37.8 Å². The number of hydrogen-bond acceptors (Lipinski definition) is 2. The lowest BCUT2D eigenvalue weighted by Gasteiger charge is -2.38. The minimum Gasteiger partial charge on any atom is -0.385 e. The van der Waals surface area contributed by atoms with Crippen LogP contribution < -0.4 is 0 Å². The van der Waals surface area contributed by atoms with E-state index in [-0.39, 0.29) is 5.41 Å². The molecule has 2 bridgehead atoms. The fourth-order valence-corrected chi connectivity index (χ4v) is 4.35. The summed E-state index contributed by atoms with van der Waals surface area (Å²) in [6.07, 6.45) is 3.34. The first kappa shape index (κ1) is 13.1. The molecule has 2 nitrogen and oxygen atoms in total. The number of fused-ring (bicyclic) bond motifs is 5. The van der Waals surface area contributed by atoms with E-state index in [1.165, 1.54) is 0 Å². The second-order valence-corrected chi connectivity index (χ2v) is 6.90. The standard InChI is InChI=1S/C18H18BNO/c1-16(2)17(19)9-10-18(16,21)14-13(17)8-11-20-15(14)12-6-4-3-5-7-12/h3-8,11,21H,9-10H2,1-2H3. The first-order valence-corrected chi connectivity index (χ1v) is 7.48. The van der Waals surface area contributed by atoms with Gasteiger partial charge >= 0.3 is 0 Å². The SMILES string of the molecule is [B]C12CCC(O)(c3c1ccnc3-c1ccccc1)C2(C)C. The van der Waals surface area contributed by atoms with Gasteiger partial charge in [0.05, 0.1) is 19.1 Å². The Morgan fingerprint density at radius 3 is 2.52 bits per heavy atom. The first-order valence-electron chi connectivity index (χ1n) is 7.48. The summed E-state index contributed by atoms with van der Waals surface area (Å²) in [4.78, 5) is 4.57. The van der Waals surface area contributed by atoms with Gasteiger partial charge in [0.25, 0.3) is 0 Å². The summed E-state index contributed by atoms with van der Waals surface area (Å²) in [5.41, 5.74) is 2.64. The molecule has 1 aromatic carbocycles. The maximum absolute atomic E-state index is 11.4. The molecule has 1 N–H and O–H groups in total. The van der Waals surface area contributed by atoms with Crippen LogP contribution in [0, 0.1) is 5.41 Å². The quantitative estimate of drug-likeness (QED) is 0.811. The van der Waals surface area contributed by atoms with Gasteiger partial charge in [-0.3, -0.25) is 4.98 Å². The third kappa shape index (κ3) is 1.31. The Balaban J connectivity index is 2.06. The fourth-order valence-electron chi connectivity index (χ4n) is 4.35. The van der Waals surface area contributed by atoms with Crippen molar-refractivity contribution in [2.24, 2.45) is 5.41 Å². The van der Waals surface area contributed by atoms with Crippen molar-refractivity contribution < 1.29 is 5.11 Å². The van der Waals surface area contributed by atoms with Crippen LogP contribution >= 0.6 is 0 Å². The van der Waals surface area contributed by atoms with Crippen molar-refractivity contribution >= 4 is 7.85 Å². The Labute approximate surface area is 126 Å². The van der Waals surface area contributed by atoms with E-state index < -0.39 is 10.9 Å². The third-order valence-electron chi connectivity index (χ3n) is 5.92. The molecule has 1 saturated carbocycles. The molecule has 4 rings (SSSR count). The van der Waals surface area contributed by atoms with Crippen LogP contribution in [0.2, 0.25) is 0 Å². The lowest BCUT2D eigenvalue weighted by atomic mass is 9.54. The first-order chi connectivity index (χ1) is 9.92. The topological polar surface area (TPSA) is 33.1 Å². The zero-order valence-corrected chi connectivity index (χ0v) is 12.4.